The largest absolute Gasteiger partial charge is 0.497 e. The van der Waals surface area contributed by atoms with Crippen LogP contribution in [0, 0.1) is 6.92 Å². The summed E-state index contributed by atoms with van der Waals surface area (Å²) in [6, 6.07) is 15.6. The molecule has 1 saturated heterocycles. The van der Waals surface area contributed by atoms with Crippen molar-refractivity contribution in [2.24, 2.45) is 0 Å². The van der Waals surface area contributed by atoms with Crippen LogP contribution in [0.4, 0.5) is 0 Å². The number of rotatable bonds is 7. The Bertz CT molecular complexity index is 1350. The van der Waals surface area contributed by atoms with Gasteiger partial charge >= 0.3 is 0 Å². The Morgan fingerprint density at radius 1 is 1.20 bits per heavy atom. The summed E-state index contributed by atoms with van der Waals surface area (Å²) in [6.45, 7) is 3.54. The molecule has 2 aromatic heterocycles. The maximum absolute atomic E-state index is 13.6. The minimum atomic E-state index is -0.0956. The highest BCUT2D eigenvalue weighted by atomic mass is 35.5. The Morgan fingerprint density at radius 3 is 2.71 bits per heavy atom. The van der Waals surface area contributed by atoms with E-state index in [2.05, 4.69) is 11.1 Å². The molecule has 180 valence electrons. The standard InChI is InChI=1S/C27H26ClN3O3S/c1-17-29-25(16-35-17)27(32)31(15-23-4-3-11-34-23)14-20-12-19-5-8-21(28)13-24(19)30-26(20)18-6-9-22(33-2)10-7-18/h5-10,12-13,16,23H,3-4,11,14-15H2,1-2H3/t23-/m0/s1. The predicted molar refractivity (Wildman–Crippen MR) is 139 cm³/mol. The molecule has 1 aliphatic rings. The maximum Gasteiger partial charge on any atom is 0.273 e. The van der Waals surface area contributed by atoms with E-state index in [1.54, 1.807) is 7.11 Å². The third-order valence-electron chi connectivity index (χ3n) is 6.16. The lowest BCUT2D eigenvalue weighted by Gasteiger charge is -2.26. The topological polar surface area (TPSA) is 64.6 Å². The van der Waals surface area contributed by atoms with Gasteiger partial charge in [-0.15, -0.1) is 11.3 Å². The molecular weight excluding hydrogens is 482 g/mol. The maximum atomic E-state index is 13.6. The van der Waals surface area contributed by atoms with E-state index in [-0.39, 0.29) is 12.0 Å². The number of amides is 1. The summed E-state index contributed by atoms with van der Waals surface area (Å²) in [4.78, 5) is 24.8. The van der Waals surface area contributed by atoms with Crippen molar-refractivity contribution < 1.29 is 14.3 Å². The predicted octanol–water partition coefficient (Wildman–Crippen LogP) is 6.15. The summed E-state index contributed by atoms with van der Waals surface area (Å²) >= 11 is 7.74. The highest BCUT2D eigenvalue weighted by Gasteiger charge is 2.26. The van der Waals surface area contributed by atoms with Crippen molar-refractivity contribution >= 4 is 39.7 Å². The third kappa shape index (κ3) is 5.32. The van der Waals surface area contributed by atoms with Gasteiger partial charge in [0, 0.05) is 41.0 Å². The van der Waals surface area contributed by atoms with E-state index in [1.165, 1.54) is 11.3 Å². The van der Waals surface area contributed by atoms with E-state index in [4.69, 9.17) is 26.1 Å². The lowest BCUT2D eigenvalue weighted by molar-refractivity contribution is 0.0503. The van der Waals surface area contributed by atoms with Gasteiger partial charge in [-0.1, -0.05) is 17.7 Å². The lowest BCUT2D eigenvalue weighted by atomic mass is 10.0. The second kappa shape index (κ2) is 10.3. The van der Waals surface area contributed by atoms with Crippen LogP contribution in [0.1, 0.15) is 33.9 Å². The summed E-state index contributed by atoms with van der Waals surface area (Å²) in [5, 5.41) is 4.29. The molecule has 1 aliphatic heterocycles. The minimum absolute atomic E-state index is 0.0235. The molecule has 8 heteroatoms. The first-order chi connectivity index (χ1) is 17.0. The van der Waals surface area contributed by atoms with Crippen molar-refractivity contribution in [2.75, 3.05) is 20.3 Å². The minimum Gasteiger partial charge on any atom is -0.497 e. The Balaban J connectivity index is 1.57. The molecule has 4 aromatic rings. The van der Waals surface area contributed by atoms with Gasteiger partial charge in [0.1, 0.15) is 11.4 Å². The number of pyridine rings is 1. The van der Waals surface area contributed by atoms with E-state index in [0.29, 0.717) is 23.8 Å². The first-order valence-corrected chi connectivity index (χ1v) is 12.8. The zero-order valence-corrected chi connectivity index (χ0v) is 21.2. The molecule has 1 amide bonds. The van der Waals surface area contributed by atoms with Gasteiger partial charge in [-0.3, -0.25) is 4.79 Å². The zero-order valence-electron chi connectivity index (χ0n) is 19.7. The number of fused-ring (bicyclic) bond motifs is 1. The number of carbonyl (C=O) groups is 1. The van der Waals surface area contributed by atoms with Crippen LogP contribution in [0.5, 0.6) is 5.75 Å². The SMILES string of the molecule is COc1ccc(-c2nc3cc(Cl)ccc3cc2CN(C[C@@H]2CCCO2)C(=O)c2csc(C)n2)cc1. The normalized spacial score (nSPS) is 15.5. The second-order valence-corrected chi connectivity index (χ2v) is 10.1. The van der Waals surface area contributed by atoms with Crippen LogP contribution < -0.4 is 4.74 Å². The molecule has 1 atom stereocenters. The molecule has 5 rings (SSSR count). The molecule has 3 heterocycles. The van der Waals surface area contributed by atoms with Crippen molar-refractivity contribution in [1.29, 1.82) is 0 Å². The molecule has 35 heavy (non-hydrogen) atoms. The van der Waals surface area contributed by atoms with Crippen molar-refractivity contribution in [3.63, 3.8) is 0 Å². The van der Waals surface area contributed by atoms with Gasteiger partial charge in [0.2, 0.25) is 0 Å². The van der Waals surface area contributed by atoms with Crippen LogP contribution in [0.3, 0.4) is 0 Å². The van der Waals surface area contributed by atoms with Crippen LogP contribution in [0.25, 0.3) is 22.2 Å². The Labute approximate surface area is 213 Å². The molecule has 0 radical (unpaired) electrons. The average Bonchev–Trinajstić information content (AvgIpc) is 3.55. The summed E-state index contributed by atoms with van der Waals surface area (Å²) in [6.07, 6.45) is 1.98. The molecule has 0 bridgehead atoms. The molecule has 0 unspecified atom stereocenters. The monoisotopic (exact) mass is 507 g/mol. The number of thiazole rings is 1. The Hall–Kier alpha value is -3.00. The fourth-order valence-electron chi connectivity index (χ4n) is 4.39. The van der Waals surface area contributed by atoms with Crippen molar-refractivity contribution in [1.82, 2.24) is 14.9 Å². The third-order valence-corrected chi connectivity index (χ3v) is 7.17. The van der Waals surface area contributed by atoms with Gasteiger partial charge in [-0.2, -0.15) is 0 Å². The Morgan fingerprint density at radius 2 is 2.03 bits per heavy atom. The molecule has 0 N–H and O–H groups in total. The number of methoxy groups -OCH3 is 1. The highest BCUT2D eigenvalue weighted by Crippen LogP contribution is 2.30. The number of ether oxygens (including phenoxy) is 2. The molecule has 2 aromatic carbocycles. The van der Waals surface area contributed by atoms with Gasteiger partial charge in [-0.05, 0) is 67.8 Å². The number of benzene rings is 2. The van der Waals surface area contributed by atoms with Crippen molar-refractivity contribution in [3.05, 3.63) is 75.2 Å². The zero-order chi connectivity index (χ0) is 24.4. The summed E-state index contributed by atoms with van der Waals surface area (Å²) in [5.74, 6) is 0.676. The number of nitrogens with zero attached hydrogens (tertiary/aromatic N) is 3. The summed E-state index contributed by atoms with van der Waals surface area (Å²) in [5.41, 5.74) is 3.97. The molecule has 0 saturated carbocycles. The second-order valence-electron chi connectivity index (χ2n) is 8.63. The van der Waals surface area contributed by atoms with Gasteiger partial charge < -0.3 is 14.4 Å². The number of hydrogen-bond acceptors (Lipinski definition) is 6. The van der Waals surface area contributed by atoms with Crippen LogP contribution in [0.15, 0.2) is 53.9 Å². The van der Waals surface area contributed by atoms with E-state index >= 15 is 0 Å². The van der Waals surface area contributed by atoms with E-state index in [1.807, 2.05) is 59.7 Å². The number of aryl methyl sites for hydroxylation is 1. The average molecular weight is 508 g/mol. The van der Waals surface area contributed by atoms with Crippen LogP contribution in [-0.2, 0) is 11.3 Å². The van der Waals surface area contributed by atoms with Crippen LogP contribution in [-0.4, -0.2) is 47.1 Å². The van der Waals surface area contributed by atoms with Crippen LogP contribution in [0.2, 0.25) is 5.02 Å². The quantitative estimate of drug-likeness (QED) is 0.300. The van der Waals surface area contributed by atoms with Gasteiger partial charge in [0.25, 0.3) is 5.91 Å². The molecule has 0 spiro atoms. The fourth-order valence-corrected chi connectivity index (χ4v) is 5.14. The fraction of sp³-hybridized carbons (Fsp3) is 0.296. The number of halogens is 1. The lowest BCUT2D eigenvalue weighted by Crippen LogP contribution is -2.37. The van der Waals surface area contributed by atoms with Crippen molar-refractivity contribution in [2.45, 2.75) is 32.4 Å². The van der Waals surface area contributed by atoms with Gasteiger partial charge in [0.05, 0.1) is 29.4 Å². The number of aromatic nitrogens is 2. The van der Waals surface area contributed by atoms with E-state index < -0.39 is 0 Å². The first kappa shape index (κ1) is 23.7. The Kier molecular flexibility index (Phi) is 7.00. The smallest absolute Gasteiger partial charge is 0.273 e. The van der Waals surface area contributed by atoms with E-state index in [0.717, 1.165) is 57.9 Å². The summed E-state index contributed by atoms with van der Waals surface area (Å²) < 4.78 is 11.2. The van der Waals surface area contributed by atoms with E-state index in [9.17, 15) is 4.79 Å². The van der Waals surface area contributed by atoms with Gasteiger partial charge in [0.15, 0.2) is 0 Å². The van der Waals surface area contributed by atoms with Crippen LogP contribution >= 0.6 is 22.9 Å². The molecular formula is C27H26ClN3O3S. The highest BCUT2D eigenvalue weighted by molar-refractivity contribution is 7.09. The summed E-state index contributed by atoms with van der Waals surface area (Å²) in [7, 11) is 1.64. The molecule has 0 aliphatic carbocycles. The molecule has 1 fully saturated rings. The van der Waals surface area contributed by atoms with Gasteiger partial charge in [-0.25, -0.2) is 9.97 Å². The first-order valence-electron chi connectivity index (χ1n) is 11.6. The van der Waals surface area contributed by atoms with Crippen molar-refractivity contribution in [3.8, 4) is 17.0 Å². The number of hydrogen-bond donors (Lipinski definition) is 0. The number of carbonyl (C=O) groups excluding carboxylic acids is 1. The molecule has 6 nitrogen and oxygen atoms in total.